The van der Waals surface area contributed by atoms with E-state index in [9.17, 15) is 44.9 Å². The van der Waals surface area contributed by atoms with Crippen LogP contribution in [0.4, 0.5) is 23.3 Å². The lowest BCUT2D eigenvalue weighted by atomic mass is 9.74. The standard InChI is InChI=1S/C26H24N6O2.C23H24N6O2.C21H19N7O2.C19H16ClN5O2/c27-24-23-22(20-13-18-7-4-8-19(21(18)30-20)15-5-2-1-3-6-15)31-25(32(23)29-14-28-24)16-9-11-17(12-10-16)26(33)34;24-21-20-19(17-10-15-2-1-3-16(12-4-5-12)18(15)27-17)28-22(29(20)26-11-25-21)13-6-8-14(9-7-13)23(30)31;22-9-14-3-1-2-13-8-15(26-16(13)14)17-18-19(23)24-10-25-28(18)20(27-17)11-4-6-12(7-5-11)21(29)30;20-12-3-1-2-9-8-13(23-14(9)12)15-16-17(21)22-4-5-25(16)18(24-15)10-6-11(7-10)19(26)27/h1-8,13-14,16-17,30H,9-12H2,(H,33,34)(H2,27,28,29);1-3,10-14,27H,4-9H2,(H,30,31)(H2,24,25,26);1-3,8,10-12,26H,4-7H2,(H,29,30)(H2,23,24,25);1-5,8,10-11,23H,6-7H2,(H2,21,22)(H,26,27). The molecule has 32 nitrogen and oxygen atoms in total. The Morgan fingerprint density at radius 3 is 1.25 bits per heavy atom. The molecule has 12 aromatic heterocycles. The lowest BCUT2D eigenvalue weighted by molar-refractivity contribution is -0.145. The number of nitrogen functional groups attached to an aromatic ring is 4. The number of carboxylic acids is 4. The Labute approximate surface area is 698 Å². The van der Waals surface area contributed by atoms with Gasteiger partial charge in [-0.1, -0.05) is 103 Å². The van der Waals surface area contributed by atoms with Crippen LogP contribution in [0.1, 0.15) is 167 Å². The van der Waals surface area contributed by atoms with Gasteiger partial charge in [0, 0.05) is 68.7 Å². The maximum absolute atomic E-state index is 11.4. The number of aromatic nitrogens is 19. The van der Waals surface area contributed by atoms with Crippen LogP contribution in [0.2, 0.25) is 5.02 Å². The van der Waals surface area contributed by atoms with E-state index in [0.29, 0.717) is 130 Å². The van der Waals surface area contributed by atoms with Gasteiger partial charge < -0.3 is 63.3 Å². The highest BCUT2D eigenvalue weighted by molar-refractivity contribution is 6.35. The van der Waals surface area contributed by atoms with Crippen LogP contribution in [0.15, 0.2) is 159 Å². The summed E-state index contributed by atoms with van der Waals surface area (Å²) in [5, 5.41) is 64.6. The van der Waals surface area contributed by atoms with Gasteiger partial charge in [-0.3, -0.25) is 23.6 Å². The van der Waals surface area contributed by atoms with Crippen LogP contribution < -0.4 is 22.9 Å². The van der Waals surface area contributed by atoms with E-state index >= 15 is 0 Å². The molecule has 5 aromatic carbocycles. The van der Waals surface area contributed by atoms with Crippen LogP contribution in [0.25, 0.3) is 122 Å². The number of aliphatic carboxylic acids is 4. The van der Waals surface area contributed by atoms with Crippen molar-refractivity contribution in [1.82, 2.24) is 93.1 Å². The molecule has 17 aromatic rings. The van der Waals surface area contributed by atoms with Gasteiger partial charge in [0.1, 0.15) is 99.0 Å². The Morgan fingerprint density at radius 1 is 0.402 bits per heavy atom. The number of H-pyrrole nitrogens is 4. The SMILES string of the molecule is N#Cc1cccc2cc(-c3nc(C4CCC(C(=O)O)CC4)n4ncnc(N)c34)[nH]c12.Nc1nccn2c(C3CC(C(=O)O)C3)nc(-c3cc4cccc(Cl)c4[nH]3)c12.Nc1ncnn2c(C3CCC(C(=O)O)CC3)nc(-c3cc4cccc(-c5ccccc5)c4[nH]3)c12.Nc1ncnn2c(C3CCC(C(=O)O)CC3)nc(-c3cc4cccc(C5CC5)c4[nH]3)c12. The van der Waals surface area contributed by atoms with Crippen molar-refractivity contribution in [1.29, 1.82) is 5.26 Å². The summed E-state index contributed by atoms with van der Waals surface area (Å²) in [5.74, 6) is 1.70. The average Bonchev–Trinajstić information content (AvgIpc) is 1.62. The molecule has 5 aliphatic rings. The van der Waals surface area contributed by atoms with Crippen LogP contribution in [-0.2, 0) is 19.2 Å². The summed E-state index contributed by atoms with van der Waals surface area (Å²) >= 11 is 6.29. The molecule has 12 heterocycles. The van der Waals surface area contributed by atoms with Crippen LogP contribution in [0.3, 0.4) is 0 Å². The number of aromatic amines is 4. The zero-order valence-corrected chi connectivity index (χ0v) is 66.5. The van der Waals surface area contributed by atoms with E-state index in [4.69, 9.17) is 54.5 Å². The van der Waals surface area contributed by atoms with E-state index in [-0.39, 0.29) is 47.3 Å². The first-order valence-electron chi connectivity index (χ1n) is 40.9. The molecule has 122 heavy (non-hydrogen) atoms. The summed E-state index contributed by atoms with van der Waals surface area (Å²) in [7, 11) is 0. The van der Waals surface area contributed by atoms with Gasteiger partial charge in [-0.25, -0.2) is 53.4 Å². The Balaban J connectivity index is 0.000000107. The number of nitrogens with one attached hydrogen (secondary N) is 4. The molecule has 0 unspecified atom stereocenters. The third kappa shape index (κ3) is 14.2. The number of nitrogens with zero attached hydrogens (tertiary/aromatic N) is 16. The molecule has 0 radical (unpaired) electrons. The summed E-state index contributed by atoms with van der Waals surface area (Å²) in [6.07, 6.45) is 19.7. The Kier molecular flexibility index (Phi) is 20.0. The van der Waals surface area contributed by atoms with Gasteiger partial charge in [-0.15, -0.1) is 0 Å². The van der Waals surface area contributed by atoms with Gasteiger partial charge in [-0.05, 0) is 156 Å². The van der Waals surface area contributed by atoms with Crippen molar-refractivity contribution in [2.24, 2.45) is 23.7 Å². The molecule has 0 bridgehead atoms. The Hall–Kier alpha value is -14.6. The molecule has 614 valence electrons. The first kappa shape index (κ1) is 77.3. The normalized spacial score (nSPS) is 19.7. The minimum absolute atomic E-state index is 0.0853. The van der Waals surface area contributed by atoms with Crippen molar-refractivity contribution in [3.63, 3.8) is 0 Å². The molecule has 5 saturated carbocycles. The number of hydrogen-bond donors (Lipinski definition) is 12. The topological polar surface area (TPSA) is 500 Å². The molecule has 0 aliphatic heterocycles. The molecule has 16 N–H and O–H groups in total. The highest BCUT2D eigenvalue weighted by Gasteiger charge is 2.40. The van der Waals surface area contributed by atoms with Crippen molar-refractivity contribution in [2.45, 2.75) is 132 Å². The predicted molar refractivity (Wildman–Crippen MR) is 459 cm³/mol. The number of anilines is 4. The third-order valence-electron chi connectivity index (χ3n) is 25.1. The number of nitrogens with two attached hydrogens (primary N) is 4. The lowest BCUT2D eigenvalue weighted by Gasteiger charge is -2.31. The number of fused-ring (bicyclic) bond motifs is 8. The van der Waals surface area contributed by atoms with Crippen LogP contribution in [0.5, 0.6) is 0 Å². The molecule has 5 fully saturated rings. The van der Waals surface area contributed by atoms with E-state index in [0.717, 1.165) is 134 Å². The average molecular weight is 1650 g/mol. The first-order chi connectivity index (χ1) is 59.3. The monoisotopic (exact) mass is 1650 g/mol. The number of hydrogen-bond acceptors (Lipinski definition) is 20. The number of carbonyl (C=O) groups is 4. The minimum Gasteiger partial charge on any atom is -0.481 e. The fraction of sp³-hybridized carbons (Fsp3) is 0.281. The zero-order valence-electron chi connectivity index (χ0n) is 65.8. The van der Waals surface area contributed by atoms with Crippen molar-refractivity contribution in [3.8, 4) is 62.7 Å². The van der Waals surface area contributed by atoms with E-state index < -0.39 is 23.9 Å². The quantitative estimate of drug-likeness (QED) is 0.0481. The molecule has 22 rings (SSSR count). The van der Waals surface area contributed by atoms with Gasteiger partial charge in [-0.2, -0.15) is 20.6 Å². The Morgan fingerprint density at radius 2 is 0.787 bits per heavy atom. The second kappa shape index (κ2) is 31.6. The smallest absolute Gasteiger partial charge is 0.306 e. The van der Waals surface area contributed by atoms with Crippen LogP contribution in [0, 0.1) is 35.0 Å². The summed E-state index contributed by atoms with van der Waals surface area (Å²) < 4.78 is 7.23. The van der Waals surface area contributed by atoms with E-state index in [1.54, 1.807) is 25.8 Å². The maximum Gasteiger partial charge on any atom is 0.306 e. The lowest BCUT2D eigenvalue weighted by Crippen LogP contribution is -2.29. The van der Waals surface area contributed by atoms with Crippen molar-refractivity contribution >= 4 is 124 Å². The van der Waals surface area contributed by atoms with E-state index in [2.05, 4.69) is 122 Å². The van der Waals surface area contributed by atoms with Crippen molar-refractivity contribution in [3.05, 3.63) is 198 Å². The second-order valence-corrected chi connectivity index (χ2v) is 32.8. The number of benzene rings is 5. The number of imidazole rings is 4. The number of rotatable bonds is 14. The molecule has 0 saturated heterocycles. The molecule has 0 spiro atoms. The number of para-hydroxylation sites is 4. The molecular formula is C89H83ClN24O8. The van der Waals surface area contributed by atoms with E-state index in [1.165, 1.54) is 48.3 Å². The summed E-state index contributed by atoms with van der Waals surface area (Å²) in [4.78, 5) is 95.5. The molecule has 33 heteroatoms. The fourth-order valence-electron chi connectivity index (χ4n) is 18.5. The summed E-state index contributed by atoms with van der Waals surface area (Å²) in [5.41, 5.74) is 41.7. The van der Waals surface area contributed by atoms with Gasteiger partial charge >= 0.3 is 23.9 Å². The second-order valence-electron chi connectivity index (χ2n) is 32.4. The molecular weight excluding hydrogens is 1570 g/mol. The van der Waals surface area contributed by atoms with Gasteiger partial charge in [0.15, 0.2) is 17.5 Å². The zero-order chi connectivity index (χ0) is 83.9. The molecule has 5 aliphatic carbocycles. The summed E-state index contributed by atoms with van der Waals surface area (Å²) in [6.45, 7) is 0. The molecule has 0 amide bonds. The van der Waals surface area contributed by atoms with E-state index in [1.807, 2.05) is 71.3 Å². The summed E-state index contributed by atoms with van der Waals surface area (Å²) in [6, 6.07) is 44.5. The Bertz CT molecular complexity index is 7010. The number of nitriles is 1. The largest absolute Gasteiger partial charge is 0.481 e. The van der Waals surface area contributed by atoms with Crippen molar-refractivity contribution < 1.29 is 39.6 Å². The number of halogens is 1. The first-order valence-corrected chi connectivity index (χ1v) is 41.3. The fourth-order valence-corrected chi connectivity index (χ4v) is 18.7. The minimum atomic E-state index is -0.751. The van der Waals surface area contributed by atoms with Gasteiger partial charge in [0.05, 0.1) is 73.6 Å². The van der Waals surface area contributed by atoms with Gasteiger partial charge in [0.25, 0.3) is 0 Å². The third-order valence-corrected chi connectivity index (χ3v) is 25.4. The van der Waals surface area contributed by atoms with Crippen LogP contribution in [-0.4, -0.2) is 137 Å². The van der Waals surface area contributed by atoms with Crippen molar-refractivity contribution in [2.75, 3.05) is 22.9 Å². The maximum atomic E-state index is 11.4. The highest BCUT2D eigenvalue weighted by Crippen LogP contribution is 2.48. The van der Waals surface area contributed by atoms with Gasteiger partial charge in [0.2, 0.25) is 0 Å². The predicted octanol–water partition coefficient (Wildman–Crippen LogP) is 15.7. The molecule has 0 atom stereocenters. The highest BCUT2D eigenvalue weighted by atomic mass is 35.5. The van der Waals surface area contributed by atoms with Crippen LogP contribution >= 0.6 is 11.6 Å². The number of carboxylic acid groups (broad SMARTS) is 4.